The monoisotopic (exact) mass is 276 g/mol. The summed E-state index contributed by atoms with van der Waals surface area (Å²) in [6.45, 7) is 0.264. The van der Waals surface area contributed by atoms with E-state index in [9.17, 15) is 4.39 Å². The third-order valence-corrected chi connectivity index (χ3v) is 2.93. The number of rotatable bonds is 6. The molecule has 0 radical (unpaired) electrons. The minimum atomic E-state index is -0.374. The largest absolute Gasteiger partial charge is 0.496 e. The van der Waals surface area contributed by atoms with E-state index in [1.54, 1.807) is 6.07 Å². The summed E-state index contributed by atoms with van der Waals surface area (Å²) in [5, 5.41) is 0. The molecular formula is C15H17FN2O2. The van der Waals surface area contributed by atoms with E-state index >= 15 is 0 Å². The molecule has 0 saturated heterocycles. The second-order valence-corrected chi connectivity index (χ2v) is 4.23. The number of para-hydroxylation sites is 1. The van der Waals surface area contributed by atoms with Crippen LogP contribution < -0.4 is 20.7 Å². The smallest absolute Gasteiger partial charge is 0.124 e. The zero-order valence-corrected chi connectivity index (χ0v) is 11.2. The number of hydrogen-bond donors (Lipinski definition) is 2. The summed E-state index contributed by atoms with van der Waals surface area (Å²) in [4.78, 5) is 0. The van der Waals surface area contributed by atoms with Crippen molar-refractivity contribution < 1.29 is 13.9 Å². The molecule has 20 heavy (non-hydrogen) atoms. The van der Waals surface area contributed by atoms with Crippen LogP contribution in [0.3, 0.4) is 0 Å². The molecule has 1 atom stereocenters. The van der Waals surface area contributed by atoms with Crippen LogP contribution in [0.25, 0.3) is 0 Å². The summed E-state index contributed by atoms with van der Waals surface area (Å²) < 4.78 is 24.2. The van der Waals surface area contributed by atoms with Gasteiger partial charge in [0.05, 0.1) is 13.2 Å². The normalized spacial score (nSPS) is 11.9. The first-order valence-electron chi connectivity index (χ1n) is 6.22. The molecule has 0 saturated carbocycles. The lowest BCUT2D eigenvalue weighted by Gasteiger charge is -2.19. The molecule has 0 spiro atoms. The van der Waals surface area contributed by atoms with Crippen molar-refractivity contribution >= 4 is 0 Å². The van der Waals surface area contributed by atoms with Crippen LogP contribution in [0, 0.1) is 5.82 Å². The molecule has 0 amide bonds. The summed E-state index contributed by atoms with van der Waals surface area (Å²) in [6.07, 6.45) is 0. The molecule has 0 heterocycles. The maximum absolute atomic E-state index is 13.4. The Morgan fingerprint density at radius 3 is 2.60 bits per heavy atom. The number of halogens is 1. The highest BCUT2D eigenvalue weighted by Crippen LogP contribution is 2.26. The zero-order valence-electron chi connectivity index (χ0n) is 11.2. The minimum Gasteiger partial charge on any atom is -0.496 e. The average Bonchev–Trinajstić information content (AvgIpc) is 2.49. The van der Waals surface area contributed by atoms with Crippen LogP contribution in [0.1, 0.15) is 11.6 Å². The van der Waals surface area contributed by atoms with E-state index in [0.29, 0.717) is 11.3 Å². The Kier molecular flexibility index (Phi) is 4.92. The molecule has 4 nitrogen and oxygen atoms in total. The van der Waals surface area contributed by atoms with Crippen LogP contribution in [0.4, 0.5) is 4.39 Å². The molecule has 2 aromatic carbocycles. The lowest BCUT2D eigenvalue weighted by Crippen LogP contribution is -2.32. The number of benzene rings is 2. The maximum Gasteiger partial charge on any atom is 0.124 e. The average molecular weight is 276 g/mol. The molecule has 2 rings (SSSR count). The molecule has 5 heteroatoms. The minimum absolute atomic E-state index is 0.264. The van der Waals surface area contributed by atoms with Gasteiger partial charge >= 0.3 is 0 Å². The fourth-order valence-corrected chi connectivity index (χ4v) is 1.90. The second kappa shape index (κ2) is 6.88. The Morgan fingerprint density at radius 1 is 1.20 bits per heavy atom. The quantitative estimate of drug-likeness (QED) is 0.628. The van der Waals surface area contributed by atoms with Crippen molar-refractivity contribution in [2.45, 2.75) is 6.04 Å². The Balaban J connectivity index is 2.14. The van der Waals surface area contributed by atoms with Crippen LogP contribution in [-0.4, -0.2) is 13.7 Å². The van der Waals surface area contributed by atoms with Crippen molar-refractivity contribution in [1.82, 2.24) is 5.43 Å². The van der Waals surface area contributed by atoms with E-state index < -0.39 is 0 Å². The third-order valence-electron chi connectivity index (χ3n) is 2.93. The first-order chi connectivity index (χ1) is 9.74. The van der Waals surface area contributed by atoms with Gasteiger partial charge in [0.15, 0.2) is 0 Å². The van der Waals surface area contributed by atoms with Gasteiger partial charge in [0.2, 0.25) is 0 Å². The van der Waals surface area contributed by atoms with Gasteiger partial charge in [0.1, 0.15) is 23.9 Å². The molecular weight excluding hydrogens is 259 g/mol. The van der Waals surface area contributed by atoms with Crippen LogP contribution in [0.5, 0.6) is 11.5 Å². The van der Waals surface area contributed by atoms with Crippen LogP contribution in [0.15, 0.2) is 48.5 Å². The van der Waals surface area contributed by atoms with E-state index in [2.05, 4.69) is 5.43 Å². The van der Waals surface area contributed by atoms with Crippen molar-refractivity contribution in [2.24, 2.45) is 5.84 Å². The molecule has 0 bridgehead atoms. The SMILES string of the molecule is COc1ccc(F)cc1C(COc1ccccc1)NN. The van der Waals surface area contributed by atoms with E-state index in [-0.39, 0.29) is 18.5 Å². The number of hydrazine groups is 1. The van der Waals surface area contributed by atoms with Crippen molar-refractivity contribution in [2.75, 3.05) is 13.7 Å². The maximum atomic E-state index is 13.4. The van der Waals surface area contributed by atoms with Gasteiger partial charge in [-0.1, -0.05) is 18.2 Å². The Labute approximate surface area is 117 Å². The molecule has 3 N–H and O–H groups in total. The Bertz CT molecular complexity index is 549. The highest BCUT2D eigenvalue weighted by Gasteiger charge is 2.16. The first kappa shape index (κ1) is 14.3. The molecule has 0 aliphatic rings. The fourth-order valence-electron chi connectivity index (χ4n) is 1.90. The Hall–Kier alpha value is -2.11. The second-order valence-electron chi connectivity index (χ2n) is 4.23. The van der Waals surface area contributed by atoms with Crippen molar-refractivity contribution in [1.29, 1.82) is 0 Å². The van der Waals surface area contributed by atoms with Gasteiger partial charge in [-0.3, -0.25) is 5.84 Å². The highest BCUT2D eigenvalue weighted by atomic mass is 19.1. The molecule has 0 aromatic heterocycles. The summed E-state index contributed by atoms with van der Waals surface area (Å²) in [5.74, 6) is 6.47. The van der Waals surface area contributed by atoms with Gasteiger partial charge in [-0.15, -0.1) is 0 Å². The molecule has 2 aromatic rings. The topological polar surface area (TPSA) is 56.5 Å². The summed E-state index contributed by atoms with van der Waals surface area (Å²) in [5.41, 5.74) is 3.24. The van der Waals surface area contributed by atoms with E-state index in [1.807, 2.05) is 30.3 Å². The Morgan fingerprint density at radius 2 is 1.95 bits per heavy atom. The van der Waals surface area contributed by atoms with Crippen LogP contribution in [-0.2, 0) is 0 Å². The lowest BCUT2D eigenvalue weighted by molar-refractivity contribution is 0.263. The molecule has 0 aliphatic carbocycles. The van der Waals surface area contributed by atoms with Crippen molar-refractivity contribution in [3.05, 3.63) is 59.9 Å². The van der Waals surface area contributed by atoms with Gasteiger partial charge < -0.3 is 9.47 Å². The molecule has 0 fully saturated rings. The molecule has 1 unspecified atom stereocenters. The standard InChI is InChI=1S/C15H17FN2O2/c1-19-15-8-7-11(16)9-13(15)14(18-17)10-20-12-5-3-2-4-6-12/h2-9,14,18H,10,17H2,1H3. The number of methoxy groups -OCH3 is 1. The van der Waals surface area contributed by atoms with Crippen molar-refractivity contribution in [3.8, 4) is 11.5 Å². The highest BCUT2D eigenvalue weighted by molar-refractivity contribution is 5.36. The van der Waals surface area contributed by atoms with Gasteiger partial charge in [0, 0.05) is 5.56 Å². The molecule has 0 aliphatic heterocycles. The first-order valence-corrected chi connectivity index (χ1v) is 6.22. The number of nitrogens with two attached hydrogens (primary N) is 1. The predicted octanol–water partition coefficient (Wildman–Crippen LogP) is 2.42. The molecule has 106 valence electrons. The van der Waals surface area contributed by atoms with E-state index in [4.69, 9.17) is 15.3 Å². The van der Waals surface area contributed by atoms with Gasteiger partial charge in [0.25, 0.3) is 0 Å². The summed E-state index contributed by atoms with van der Waals surface area (Å²) in [6, 6.07) is 13.3. The van der Waals surface area contributed by atoms with Gasteiger partial charge in [-0.2, -0.15) is 0 Å². The van der Waals surface area contributed by atoms with Crippen molar-refractivity contribution in [3.63, 3.8) is 0 Å². The number of hydrogen-bond acceptors (Lipinski definition) is 4. The van der Waals surface area contributed by atoms with E-state index in [0.717, 1.165) is 5.75 Å². The fraction of sp³-hybridized carbons (Fsp3) is 0.200. The van der Waals surface area contributed by atoms with Gasteiger partial charge in [-0.25, -0.2) is 9.82 Å². The number of nitrogens with one attached hydrogen (secondary N) is 1. The summed E-state index contributed by atoms with van der Waals surface area (Å²) >= 11 is 0. The third kappa shape index (κ3) is 3.46. The van der Waals surface area contributed by atoms with Crippen LogP contribution in [0.2, 0.25) is 0 Å². The number of ether oxygens (including phenoxy) is 2. The predicted molar refractivity (Wildman–Crippen MR) is 75.0 cm³/mol. The lowest BCUT2D eigenvalue weighted by atomic mass is 10.1. The van der Waals surface area contributed by atoms with E-state index in [1.165, 1.54) is 19.2 Å². The van der Waals surface area contributed by atoms with Crippen LogP contribution >= 0.6 is 0 Å². The summed E-state index contributed by atoms with van der Waals surface area (Å²) in [7, 11) is 1.53. The van der Waals surface area contributed by atoms with Gasteiger partial charge in [-0.05, 0) is 30.3 Å². The zero-order chi connectivity index (χ0) is 14.4.